The largest absolute Gasteiger partial charge is 0.328 e. The van der Waals surface area contributed by atoms with Crippen molar-refractivity contribution in [3.05, 3.63) is 44.6 Å². The van der Waals surface area contributed by atoms with Crippen molar-refractivity contribution in [1.29, 1.82) is 0 Å². The minimum Gasteiger partial charge on any atom is -0.328 e. The third kappa shape index (κ3) is 1.39. The first kappa shape index (κ1) is 8.55. The fraction of sp³-hybridized carbons (Fsp3) is 0.111. The molecule has 0 bridgehead atoms. The van der Waals surface area contributed by atoms with Crippen molar-refractivity contribution in [1.82, 2.24) is 15.2 Å². The molecule has 0 atom stereocenters. The first-order valence-corrected chi connectivity index (χ1v) is 4.14. The van der Waals surface area contributed by atoms with Gasteiger partial charge < -0.3 is 4.98 Å². The van der Waals surface area contributed by atoms with E-state index in [0.717, 1.165) is 5.56 Å². The number of hydrogen-bond acceptors (Lipinski definition) is 2. The van der Waals surface area contributed by atoms with E-state index >= 15 is 0 Å². The van der Waals surface area contributed by atoms with Crippen molar-refractivity contribution in [2.75, 3.05) is 0 Å². The van der Waals surface area contributed by atoms with Crippen LogP contribution in [0.3, 0.4) is 0 Å². The van der Waals surface area contributed by atoms with Gasteiger partial charge in [0.25, 0.3) is 11.1 Å². The quantitative estimate of drug-likeness (QED) is 0.608. The number of H-pyrrole nitrogens is 3. The smallest absolute Gasteiger partial charge is 0.264 e. The maximum absolute atomic E-state index is 11.1. The van der Waals surface area contributed by atoms with E-state index in [2.05, 4.69) is 15.2 Å². The summed E-state index contributed by atoms with van der Waals surface area (Å²) >= 11 is 0. The Morgan fingerprint density at radius 3 is 2.50 bits per heavy atom. The van der Waals surface area contributed by atoms with Crippen LogP contribution in [-0.2, 0) is 0 Å². The van der Waals surface area contributed by atoms with E-state index < -0.39 is 0 Å². The number of pyridine rings is 1. The summed E-state index contributed by atoms with van der Waals surface area (Å²) < 4.78 is 0. The first-order chi connectivity index (χ1) is 6.66. The van der Waals surface area contributed by atoms with Crippen molar-refractivity contribution >= 4 is 0 Å². The van der Waals surface area contributed by atoms with E-state index in [4.69, 9.17) is 0 Å². The Kier molecular flexibility index (Phi) is 1.85. The van der Waals surface area contributed by atoms with Crippen LogP contribution in [0.4, 0.5) is 0 Å². The Balaban J connectivity index is 2.58. The number of aromatic amines is 3. The molecule has 2 rings (SSSR count). The number of hydrogen-bond donors (Lipinski definition) is 3. The Labute approximate surface area is 78.8 Å². The van der Waals surface area contributed by atoms with Crippen LogP contribution in [-0.4, -0.2) is 15.2 Å². The molecule has 0 aliphatic heterocycles. The van der Waals surface area contributed by atoms with Gasteiger partial charge in [0.1, 0.15) is 0 Å². The number of aromatic nitrogens is 3. The Bertz CT molecular complexity index is 562. The summed E-state index contributed by atoms with van der Waals surface area (Å²) in [6, 6.07) is 3.16. The SMILES string of the molecule is Cc1cc(-c2cc(=O)[nH][nH]2)c[nH]c1=O. The molecule has 0 spiro atoms. The van der Waals surface area contributed by atoms with Crippen molar-refractivity contribution in [3.63, 3.8) is 0 Å². The lowest BCUT2D eigenvalue weighted by Gasteiger charge is -1.97. The van der Waals surface area contributed by atoms with Crippen molar-refractivity contribution in [3.8, 4) is 11.3 Å². The van der Waals surface area contributed by atoms with Gasteiger partial charge in [0, 0.05) is 23.4 Å². The van der Waals surface area contributed by atoms with Crippen LogP contribution in [0.5, 0.6) is 0 Å². The minimum atomic E-state index is -0.191. The van der Waals surface area contributed by atoms with E-state index in [9.17, 15) is 9.59 Å². The molecule has 2 aromatic heterocycles. The normalized spacial score (nSPS) is 10.4. The third-order valence-electron chi connectivity index (χ3n) is 2.00. The van der Waals surface area contributed by atoms with E-state index in [1.54, 1.807) is 19.2 Å². The fourth-order valence-electron chi connectivity index (χ4n) is 1.24. The summed E-state index contributed by atoms with van der Waals surface area (Å²) in [6.45, 7) is 1.72. The van der Waals surface area contributed by atoms with Crippen molar-refractivity contribution in [2.45, 2.75) is 6.92 Å². The van der Waals surface area contributed by atoms with Gasteiger partial charge in [-0.25, -0.2) is 0 Å². The average Bonchev–Trinajstić information content (AvgIpc) is 2.57. The highest BCUT2D eigenvalue weighted by atomic mass is 16.1. The van der Waals surface area contributed by atoms with Gasteiger partial charge in [0.05, 0.1) is 5.69 Å². The highest BCUT2D eigenvalue weighted by Crippen LogP contribution is 2.12. The van der Waals surface area contributed by atoms with Gasteiger partial charge in [-0.3, -0.25) is 19.8 Å². The lowest BCUT2D eigenvalue weighted by atomic mass is 10.2. The van der Waals surface area contributed by atoms with Gasteiger partial charge in [0.2, 0.25) is 0 Å². The summed E-state index contributed by atoms with van der Waals surface area (Å²) in [5.41, 5.74) is 1.75. The second-order valence-corrected chi connectivity index (χ2v) is 3.07. The fourth-order valence-corrected chi connectivity index (χ4v) is 1.24. The summed E-state index contributed by atoms with van der Waals surface area (Å²) in [6.07, 6.45) is 1.56. The first-order valence-electron chi connectivity index (χ1n) is 4.14. The van der Waals surface area contributed by atoms with E-state index in [1.165, 1.54) is 6.07 Å². The van der Waals surface area contributed by atoms with Crippen LogP contribution < -0.4 is 11.1 Å². The molecule has 0 radical (unpaired) electrons. The second kappa shape index (κ2) is 3.02. The van der Waals surface area contributed by atoms with Crippen LogP contribution in [0.2, 0.25) is 0 Å². The molecule has 0 aliphatic rings. The highest BCUT2D eigenvalue weighted by Gasteiger charge is 2.01. The zero-order valence-corrected chi connectivity index (χ0v) is 7.55. The molecule has 3 N–H and O–H groups in total. The van der Waals surface area contributed by atoms with Gasteiger partial charge in [-0.05, 0) is 13.0 Å². The van der Waals surface area contributed by atoms with Gasteiger partial charge in [-0.2, -0.15) is 0 Å². The standard InChI is InChI=1S/C9H9N3O2/c1-5-2-6(4-10-9(5)14)7-3-8(13)12-11-7/h2-4H,1H3,(H,10,14)(H2,11,12,13). The van der Waals surface area contributed by atoms with Gasteiger partial charge in [-0.15, -0.1) is 0 Å². The average molecular weight is 191 g/mol. The van der Waals surface area contributed by atoms with Crippen LogP contribution in [0.15, 0.2) is 27.9 Å². The summed E-state index contributed by atoms with van der Waals surface area (Å²) in [5, 5.41) is 5.14. The molecule has 2 aromatic rings. The number of aryl methyl sites for hydroxylation is 1. The summed E-state index contributed by atoms with van der Waals surface area (Å²) in [5.74, 6) is 0. The maximum atomic E-state index is 11.1. The molecular formula is C9H9N3O2. The minimum absolute atomic E-state index is 0.119. The predicted octanol–water partition coefficient (Wildman–Crippen LogP) is 0.367. The molecule has 0 amide bonds. The van der Waals surface area contributed by atoms with Gasteiger partial charge >= 0.3 is 0 Å². The molecule has 5 heteroatoms. The Morgan fingerprint density at radius 2 is 1.93 bits per heavy atom. The lowest BCUT2D eigenvalue weighted by molar-refractivity contribution is 1.06. The Morgan fingerprint density at radius 1 is 1.14 bits per heavy atom. The van der Waals surface area contributed by atoms with E-state index in [0.29, 0.717) is 11.3 Å². The molecule has 0 aliphatic carbocycles. The lowest BCUT2D eigenvalue weighted by Crippen LogP contribution is -2.07. The molecule has 72 valence electrons. The van der Waals surface area contributed by atoms with Crippen molar-refractivity contribution in [2.24, 2.45) is 0 Å². The summed E-state index contributed by atoms with van der Waals surface area (Å²) in [4.78, 5) is 24.5. The van der Waals surface area contributed by atoms with Crippen LogP contribution >= 0.6 is 0 Å². The molecule has 14 heavy (non-hydrogen) atoms. The third-order valence-corrected chi connectivity index (χ3v) is 2.00. The molecule has 0 unspecified atom stereocenters. The second-order valence-electron chi connectivity index (χ2n) is 3.07. The Hall–Kier alpha value is -2.04. The predicted molar refractivity (Wildman–Crippen MR) is 52.2 cm³/mol. The van der Waals surface area contributed by atoms with Crippen LogP contribution in [0.1, 0.15) is 5.56 Å². The zero-order valence-electron chi connectivity index (χ0n) is 7.55. The molecule has 0 saturated carbocycles. The highest BCUT2D eigenvalue weighted by molar-refractivity contribution is 5.57. The van der Waals surface area contributed by atoms with Crippen molar-refractivity contribution < 1.29 is 0 Å². The number of rotatable bonds is 1. The van der Waals surface area contributed by atoms with E-state index in [-0.39, 0.29) is 11.1 Å². The molecule has 0 fully saturated rings. The van der Waals surface area contributed by atoms with Gasteiger partial charge in [0.15, 0.2) is 0 Å². The van der Waals surface area contributed by atoms with E-state index in [1.807, 2.05) is 0 Å². The molecular weight excluding hydrogens is 182 g/mol. The summed E-state index contributed by atoms with van der Waals surface area (Å²) in [7, 11) is 0. The number of nitrogens with one attached hydrogen (secondary N) is 3. The molecule has 2 heterocycles. The van der Waals surface area contributed by atoms with Gasteiger partial charge in [-0.1, -0.05) is 0 Å². The molecule has 0 aromatic carbocycles. The maximum Gasteiger partial charge on any atom is 0.264 e. The van der Waals surface area contributed by atoms with Crippen LogP contribution in [0, 0.1) is 6.92 Å². The topological polar surface area (TPSA) is 81.5 Å². The molecule has 0 saturated heterocycles. The molecule has 5 nitrogen and oxygen atoms in total. The van der Waals surface area contributed by atoms with Crippen LogP contribution in [0.25, 0.3) is 11.3 Å². The zero-order chi connectivity index (χ0) is 10.1. The monoisotopic (exact) mass is 191 g/mol.